The van der Waals surface area contributed by atoms with Crippen LogP contribution in [0.2, 0.25) is 0 Å². The highest BCUT2D eigenvalue weighted by molar-refractivity contribution is 9.10. The summed E-state index contributed by atoms with van der Waals surface area (Å²) in [6.07, 6.45) is 7.37. The van der Waals surface area contributed by atoms with Crippen molar-refractivity contribution in [3.63, 3.8) is 0 Å². The number of hydrogen-bond donors (Lipinski definition) is 0. The first-order valence-corrected chi connectivity index (χ1v) is 18.5. The highest BCUT2D eigenvalue weighted by atomic mass is 79.9. The van der Waals surface area contributed by atoms with Crippen LogP contribution in [-0.2, 0) is 26.4 Å². The van der Waals surface area contributed by atoms with E-state index >= 15 is 0 Å². The second-order valence-corrected chi connectivity index (χ2v) is 14.0. The Bertz CT molecular complexity index is 2360. The van der Waals surface area contributed by atoms with Crippen molar-refractivity contribution in [2.75, 3.05) is 0 Å². The Hall–Kier alpha value is -6.48. The molecular weight excluding hydrogens is 844 g/mol. The number of carbonyl (C=O) groups is 2. The van der Waals surface area contributed by atoms with Crippen molar-refractivity contribution in [2.45, 2.75) is 40.3 Å². The number of nitriles is 2. The van der Waals surface area contributed by atoms with Gasteiger partial charge in [-0.1, -0.05) is 36.4 Å². The van der Waals surface area contributed by atoms with Gasteiger partial charge < -0.3 is 18.9 Å². The number of nitrogens with zero attached hydrogens (tertiary/aromatic N) is 6. The maximum atomic E-state index is 11.8. The molecule has 0 spiro atoms. The Morgan fingerprint density at radius 1 is 0.589 bits per heavy atom. The minimum atomic E-state index is 0.0518. The molecule has 2 aromatic carbocycles. The summed E-state index contributed by atoms with van der Waals surface area (Å²) in [6.45, 7) is 4.52. The molecule has 0 fully saturated rings. The summed E-state index contributed by atoms with van der Waals surface area (Å²) in [5, 5.41) is 18.4. The number of ether oxygens (including phenoxy) is 4. The summed E-state index contributed by atoms with van der Waals surface area (Å²) in [4.78, 5) is 40.7. The van der Waals surface area contributed by atoms with E-state index in [-0.39, 0.29) is 61.1 Å². The first-order chi connectivity index (χ1) is 27.2. The molecule has 0 saturated heterocycles. The van der Waals surface area contributed by atoms with Crippen molar-refractivity contribution < 1.29 is 28.5 Å². The summed E-state index contributed by atoms with van der Waals surface area (Å²) in [6, 6.07) is 22.5. The molecule has 12 nitrogen and oxygen atoms in total. The van der Waals surface area contributed by atoms with Gasteiger partial charge in [0.15, 0.2) is 12.6 Å². The van der Waals surface area contributed by atoms with Crippen molar-refractivity contribution in [3.05, 3.63) is 150 Å². The SMILES string of the molecule is Cc1c(COc2nc(OCc3cncc(C#N)c3)c(C=O)cc2Br)cccc1-c1cccc(COc2nc(OCc3cncc(C#N)c3)c(C=O)cc2Br)c1C. The van der Waals surface area contributed by atoms with Crippen molar-refractivity contribution in [3.8, 4) is 46.8 Å². The van der Waals surface area contributed by atoms with E-state index in [0.29, 0.717) is 43.8 Å². The zero-order chi connectivity index (χ0) is 39.6. The van der Waals surface area contributed by atoms with E-state index in [1.165, 1.54) is 12.4 Å². The molecule has 0 aliphatic heterocycles. The Morgan fingerprint density at radius 3 is 1.39 bits per heavy atom. The number of rotatable bonds is 15. The van der Waals surface area contributed by atoms with Crippen LogP contribution in [0, 0.1) is 36.5 Å². The molecule has 278 valence electrons. The van der Waals surface area contributed by atoms with E-state index < -0.39 is 0 Å². The highest BCUT2D eigenvalue weighted by Gasteiger charge is 2.17. The molecule has 0 aliphatic carbocycles. The van der Waals surface area contributed by atoms with Gasteiger partial charge in [-0.05, 0) is 103 Å². The predicted octanol–water partition coefficient (Wildman–Crippen LogP) is 8.76. The maximum Gasteiger partial charge on any atom is 0.231 e. The summed E-state index contributed by atoms with van der Waals surface area (Å²) in [5.41, 5.74) is 8.42. The lowest BCUT2D eigenvalue weighted by atomic mass is 9.92. The third-order valence-electron chi connectivity index (χ3n) is 8.64. The molecule has 6 rings (SSSR count). The zero-order valence-corrected chi connectivity index (χ0v) is 33.1. The van der Waals surface area contributed by atoms with Crippen LogP contribution in [-0.4, -0.2) is 32.5 Å². The van der Waals surface area contributed by atoms with Crippen LogP contribution in [0.3, 0.4) is 0 Å². The number of hydrogen-bond acceptors (Lipinski definition) is 12. The Kier molecular flexibility index (Phi) is 12.8. The van der Waals surface area contributed by atoms with Gasteiger partial charge in [-0.3, -0.25) is 19.6 Å². The van der Waals surface area contributed by atoms with E-state index in [9.17, 15) is 20.1 Å². The second kappa shape index (κ2) is 18.2. The number of benzene rings is 2. The molecule has 0 unspecified atom stereocenters. The maximum absolute atomic E-state index is 11.8. The third-order valence-corrected chi connectivity index (χ3v) is 9.77. The number of aldehydes is 2. The van der Waals surface area contributed by atoms with Crippen LogP contribution in [0.4, 0.5) is 0 Å². The predicted molar refractivity (Wildman–Crippen MR) is 211 cm³/mol. The lowest BCUT2D eigenvalue weighted by Gasteiger charge is -2.17. The van der Waals surface area contributed by atoms with Crippen LogP contribution in [0.5, 0.6) is 23.5 Å². The number of carbonyl (C=O) groups excluding carboxylic acids is 2. The third kappa shape index (κ3) is 9.24. The van der Waals surface area contributed by atoms with Gasteiger partial charge in [-0.2, -0.15) is 20.5 Å². The Morgan fingerprint density at radius 2 is 1.00 bits per heavy atom. The van der Waals surface area contributed by atoms with Crippen LogP contribution < -0.4 is 18.9 Å². The molecule has 0 amide bonds. The van der Waals surface area contributed by atoms with E-state index in [1.54, 1.807) is 36.7 Å². The summed E-state index contributed by atoms with van der Waals surface area (Å²) in [5.74, 6) is 0.668. The highest BCUT2D eigenvalue weighted by Crippen LogP contribution is 2.34. The number of pyridine rings is 4. The molecule has 56 heavy (non-hydrogen) atoms. The Labute approximate surface area is 339 Å². The average Bonchev–Trinajstić information content (AvgIpc) is 3.22. The van der Waals surface area contributed by atoms with E-state index in [4.69, 9.17) is 18.9 Å². The smallest absolute Gasteiger partial charge is 0.231 e. The van der Waals surface area contributed by atoms with E-state index in [0.717, 1.165) is 33.4 Å². The zero-order valence-electron chi connectivity index (χ0n) is 30.0. The minimum Gasteiger partial charge on any atom is -0.472 e. The van der Waals surface area contributed by atoms with Crippen molar-refractivity contribution in [1.82, 2.24) is 19.9 Å². The van der Waals surface area contributed by atoms with Crippen LogP contribution in [0.25, 0.3) is 11.1 Å². The number of aromatic nitrogens is 4. The van der Waals surface area contributed by atoms with Gasteiger partial charge in [0, 0.05) is 35.9 Å². The lowest BCUT2D eigenvalue weighted by Crippen LogP contribution is -2.06. The fourth-order valence-corrected chi connectivity index (χ4v) is 6.56. The van der Waals surface area contributed by atoms with Crippen molar-refractivity contribution in [1.29, 1.82) is 10.5 Å². The quantitative estimate of drug-likeness (QED) is 0.0901. The second-order valence-electron chi connectivity index (χ2n) is 12.3. The monoisotopic (exact) mass is 872 g/mol. The van der Waals surface area contributed by atoms with Gasteiger partial charge >= 0.3 is 0 Å². The van der Waals surface area contributed by atoms with Gasteiger partial charge in [0.05, 0.1) is 31.2 Å². The molecular formula is C42H30Br2N6O6. The van der Waals surface area contributed by atoms with E-state index in [2.05, 4.69) is 51.8 Å². The lowest BCUT2D eigenvalue weighted by molar-refractivity contribution is 0.111. The van der Waals surface area contributed by atoms with Gasteiger partial charge in [-0.25, -0.2) is 0 Å². The van der Waals surface area contributed by atoms with Gasteiger partial charge in [-0.15, -0.1) is 0 Å². The van der Waals surface area contributed by atoms with Gasteiger partial charge in [0.25, 0.3) is 0 Å². The molecule has 0 radical (unpaired) electrons. The first-order valence-electron chi connectivity index (χ1n) is 16.9. The summed E-state index contributed by atoms with van der Waals surface area (Å²) >= 11 is 6.93. The molecule has 0 N–H and O–H groups in total. The molecule has 14 heteroatoms. The van der Waals surface area contributed by atoms with Crippen molar-refractivity contribution in [2.24, 2.45) is 0 Å². The molecule has 0 bridgehead atoms. The van der Waals surface area contributed by atoms with Gasteiger partial charge in [0.1, 0.15) is 38.6 Å². The molecule has 6 aromatic rings. The molecule has 0 aliphatic rings. The fourth-order valence-electron chi connectivity index (χ4n) is 5.66. The largest absolute Gasteiger partial charge is 0.472 e. The Balaban J connectivity index is 1.16. The van der Waals surface area contributed by atoms with Crippen LogP contribution in [0.15, 0.2) is 94.4 Å². The van der Waals surface area contributed by atoms with E-state index in [1.807, 2.05) is 62.4 Å². The standard InChI is InChI=1S/C42H30Br2N6O6/c1-25-31(23-55-41-37(43)11-33(19-51)39(49-41)53-21-29-9-27(13-45)15-47-17-29)5-3-7-35(25)36-8-4-6-32(26(36)2)24-56-42-38(44)12-34(20-52)40(50-42)54-22-30-10-28(14-46)16-48-18-30/h3-12,15-20H,21-24H2,1-2H3. The average molecular weight is 875 g/mol. The molecule has 0 atom stereocenters. The normalized spacial score (nSPS) is 10.5. The summed E-state index contributed by atoms with van der Waals surface area (Å²) in [7, 11) is 0. The molecule has 0 saturated carbocycles. The minimum absolute atomic E-state index is 0.0518. The van der Waals surface area contributed by atoms with Crippen LogP contribution in [0.1, 0.15) is 65.2 Å². The van der Waals surface area contributed by atoms with Gasteiger partial charge in [0.2, 0.25) is 23.5 Å². The first kappa shape index (κ1) is 39.2. The summed E-state index contributed by atoms with van der Waals surface area (Å²) < 4.78 is 25.0. The topological polar surface area (TPSA) is 170 Å². The molecule has 4 aromatic heterocycles. The fraction of sp³-hybridized carbons (Fsp3) is 0.143. The number of halogens is 2. The molecule has 4 heterocycles. The van der Waals surface area contributed by atoms with Crippen molar-refractivity contribution >= 4 is 44.4 Å². The van der Waals surface area contributed by atoms with Crippen LogP contribution >= 0.6 is 31.9 Å².